The molecule has 0 atom stereocenters. The Hall–Kier alpha value is -3.26. The van der Waals surface area contributed by atoms with Crippen LogP contribution in [0.2, 0.25) is 5.02 Å². The quantitative estimate of drug-likeness (QED) is 0.451. The Morgan fingerprint density at radius 1 is 1.07 bits per heavy atom. The van der Waals surface area contributed by atoms with Gasteiger partial charge in [0, 0.05) is 16.7 Å². The highest BCUT2D eigenvalue weighted by Gasteiger charge is 2.16. The van der Waals surface area contributed by atoms with Crippen molar-refractivity contribution in [2.24, 2.45) is 0 Å². The molecule has 0 N–H and O–H groups in total. The van der Waals surface area contributed by atoms with Gasteiger partial charge in [0.2, 0.25) is 5.76 Å². The van der Waals surface area contributed by atoms with E-state index >= 15 is 0 Å². The van der Waals surface area contributed by atoms with Gasteiger partial charge < -0.3 is 13.9 Å². The van der Waals surface area contributed by atoms with E-state index in [4.69, 9.17) is 20.8 Å². The summed E-state index contributed by atoms with van der Waals surface area (Å²) >= 11 is 5.82. The minimum Gasteiger partial charge on any atom is -0.451 e. The van der Waals surface area contributed by atoms with Crippen molar-refractivity contribution in [1.29, 1.82) is 0 Å². The molecule has 3 rings (SSSR count). The molecular formula is C19H11ClF2O6. The van der Waals surface area contributed by atoms with E-state index in [1.165, 1.54) is 42.5 Å². The molecule has 3 aromatic rings. The molecule has 0 saturated carbocycles. The van der Waals surface area contributed by atoms with Gasteiger partial charge in [0.1, 0.15) is 11.3 Å². The zero-order valence-electron chi connectivity index (χ0n) is 14.0. The number of ketones is 1. The van der Waals surface area contributed by atoms with Crippen LogP contribution in [-0.4, -0.2) is 25.0 Å². The third-order valence-electron chi connectivity index (χ3n) is 3.63. The van der Waals surface area contributed by atoms with Crippen LogP contribution in [0.5, 0.6) is 5.75 Å². The molecule has 9 heteroatoms. The number of fused-ring (bicyclic) bond motifs is 1. The zero-order valence-corrected chi connectivity index (χ0v) is 14.7. The monoisotopic (exact) mass is 408 g/mol. The van der Waals surface area contributed by atoms with Crippen LogP contribution >= 0.6 is 11.6 Å². The molecule has 1 aromatic heterocycles. The molecule has 0 radical (unpaired) electrons. The SMILES string of the molecule is O=C(COC(=O)c1cc(=O)c2cc(Cl)ccc2o1)c1ccc(OC(F)F)cc1. The lowest BCUT2D eigenvalue weighted by atomic mass is 10.1. The Labute approximate surface area is 161 Å². The maximum absolute atomic E-state index is 12.1. The Balaban J connectivity index is 1.68. The summed E-state index contributed by atoms with van der Waals surface area (Å²) in [6.45, 7) is -3.61. The van der Waals surface area contributed by atoms with Gasteiger partial charge >= 0.3 is 12.6 Å². The number of hydrogen-bond donors (Lipinski definition) is 0. The average Bonchev–Trinajstić information content (AvgIpc) is 2.66. The van der Waals surface area contributed by atoms with Gasteiger partial charge in [0.25, 0.3) is 0 Å². The molecule has 0 aliphatic carbocycles. The number of halogens is 3. The Kier molecular flexibility index (Phi) is 5.70. The van der Waals surface area contributed by atoms with E-state index in [-0.39, 0.29) is 28.0 Å². The molecule has 0 fully saturated rings. The Morgan fingerprint density at radius 3 is 2.46 bits per heavy atom. The molecule has 0 saturated heterocycles. The minimum absolute atomic E-state index is 0.110. The molecule has 0 bridgehead atoms. The highest BCUT2D eigenvalue weighted by atomic mass is 35.5. The van der Waals surface area contributed by atoms with Crippen molar-refractivity contribution in [2.45, 2.75) is 6.61 Å². The summed E-state index contributed by atoms with van der Waals surface area (Å²) in [6, 6.07) is 10.2. The van der Waals surface area contributed by atoms with E-state index < -0.39 is 30.4 Å². The number of esters is 1. The number of rotatable bonds is 6. The second-order valence-electron chi connectivity index (χ2n) is 5.52. The fraction of sp³-hybridized carbons (Fsp3) is 0.105. The largest absolute Gasteiger partial charge is 0.451 e. The highest BCUT2D eigenvalue weighted by molar-refractivity contribution is 6.31. The van der Waals surface area contributed by atoms with Crippen LogP contribution in [0.4, 0.5) is 8.78 Å². The first kappa shape index (κ1) is 19.5. The van der Waals surface area contributed by atoms with Gasteiger partial charge in [-0.15, -0.1) is 0 Å². The molecule has 1 heterocycles. The number of ether oxygens (including phenoxy) is 2. The lowest BCUT2D eigenvalue weighted by Crippen LogP contribution is -2.16. The first-order valence-corrected chi connectivity index (χ1v) is 8.20. The number of carbonyl (C=O) groups is 2. The van der Waals surface area contributed by atoms with Crippen molar-refractivity contribution in [3.8, 4) is 5.75 Å². The molecule has 28 heavy (non-hydrogen) atoms. The molecule has 0 spiro atoms. The number of Topliss-reactive ketones (excluding diaryl/α,β-unsaturated/α-hetero) is 1. The lowest BCUT2D eigenvalue weighted by Gasteiger charge is -2.06. The molecule has 0 amide bonds. The second-order valence-corrected chi connectivity index (χ2v) is 5.95. The van der Waals surface area contributed by atoms with Gasteiger partial charge in [0.05, 0.1) is 5.39 Å². The van der Waals surface area contributed by atoms with E-state index in [9.17, 15) is 23.2 Å². The van der Waals surface area contributed by atoms with Crippen LogP contribution in [0.15, 0.2) is 57.7 Å². The van der Waals surface area contributed by atoms with Gasteiger partial charge in [-0.05, 0) is 42.5 Å². The molecule has 6 nitrogen and oxygen atoms in total. The van der Waals surface area contributed by atoms with Gasteiger partial charge in [-0.1, -0.05) is 11.6 Å². The third-order valence-corrected chi connectivity index (χ3v) is 3.86. The predicted molar refractivity (Wildman–Crippen MR) is 95.2 cm³/mol. The number of benzene rings is 2. The number of hydrogen-bond acceptors (Lipinski definition) is 6. The van der Waals surface area contributed by atoms with E-state index in [1.807, 2.05) is 0 Å². The maximum atomic E-state index is 12.1. The van der Waals surface area contributed by atoms with Gasteiger partial charge in [0.15, 0.2) is 17.8 Å². The van der Waals surface area contributed by atoms with Crippen molar-refractivity contribution in [2.75, 3.05) is 6.61 Å². The summed E-state index contributed by atoms with van der Waals surface area (Å²) in [4.78, 5) is 36.2. The van der Waals surface area contributed by atoms with E-state index in [1.54, 1.807) is 0 Å². The number of carbonyl (C=O) groups excluding carboxylic acids is 2. The molecule has 0 aliphatic heterocycles. The standard InChI is InChI=1S/C19H11ClF2O6/c20-11-3-6-16-13(7-11)14(23)8-17(28-16)18(25)26-9-15(24)10-1-4-12(5-2-10)27-19(21)22/h1-8,19H,9H2. The zero-order chi connectivity index (χ0) is 20.3. The van der Waals surface area contributed by atoms with Crippen LogP contribution in [0.25, 0.3) is 11.0 Å². The van der Waals surface area contributed by atoms with Crippen LogP contribution in [-0.2, 0) is 4.74 Å². The van der Waals surface area contributed by atoms with Crippen molar-refractivity contribution in [3.05, 3.63) is 75.1 Å². The highest BCUT2D eigenvalue weighted by Crippen LogP contribution is 2.18. The normalized spacial score (nSPS) is 10.9. The maximum Gasteiger partial charge on any atom is 0.387 e. The first-order valence-electron chi connectivity index (χ1n) is 7.82. The fourth-order valence-corrected chi connectivity index (χ4v) is 2.51. The summed E-state index contributed by atoms with van der Waals surface area (Å²) in [5, 5.41) is 0.539. The Morgan fingerprint density at radius 2 is 1.79 bits per heavy atom. The Bertz CT molecular complexity index is 1090. The lowest BCUT2D eigenvalue weighted by molar-refractivity contribution is -0.0498. The molecule has 144 valence electrons. The fourth-order valence-electron chi connectivity index (χ4n) is 2.34. The average molecular weight is 409 g/mol. The van der Waals surface area contributed by atoms with Crippen molar-refractivity contribution in [1.82, 2.24) is 0 Å². The van der Waals surface area contributed by atoms with E-state index in [2.05, 4.69) is 4.74 Å². The molecular weight excluding hydrogens is 398 g/mol. The van der Waals surface area contributed by atoms with Crippen molar-refractivity contribution < 1.29 is 32.3 Å². The van der Waals surface area contributed by atoms with Gasteiger partial charge in [-0.25, -0.2) is 4.79 Å². The molecule has 0 unspecified atom stereocenters. The summed E-state index contributed by atoms with van der Waals surface area (Å²) < 4.78 is 38.6. The summed E-state index contributed by atoms with van der Waals surface area (Å²) in [6.07, 6.45) is 0. The van der Waals surface area contributed by atoms with Crippen LogP contribution in [0, 0.1) is 0 Å². The second kappa shape index (κ2) is 8.18. The van der Waals surface area contributed by atoms with Crippen molar-refractivity contribution >= 4 is 34.3 Å². The minimum atomic E-state index is -2.98. The molecule has 2 aromatic carbocycles. The number of alkyl halides is 2. The van der Waals surface area contributed by atoms with Crippen LogP contribution in [0.3, 0.4) is 0 Å². The van der Waals surface area contributed by atoms with Gasteiger partial charge in [-0.2, -0.15) is 8.78 Å². The van der Waals surface area contributed by atoms with E-state index in [0.717, 1.165) is 6.07 Å². The van der Waals surface area contributed by atoms with Crippen LogP contribution < -0.4 is 10.2 Å². The third kappa shape index (κ3) is 4.52. The topological polar surface area (TPSA) is 82.8 Å². The van der Waals surface area contributed by atoms with Gasteiger partial charge in [-0.3, -0.25) is 9.59 Å². The summed E-state index contributed by atoms with van der Waals surface area (Å²) in [5.74, 6) is -2.05. The predicted octanol–water partition coefficient (Wildman–Crippen LogP) is 4.09. The first-order chi connectivity index (χ1) is 13.3. The van der Waals surface area contributed by atoms with Crippen molar-refractivity contribution in [3.63, 3.8) is 0 Å². The van der Waals surface area contributed by atoms with Crippen LogP contribution in [0.1, 0.15) is 20.9 Å². The smallest absolute Gasteiger partial charge is 0.387 e. The summed E-state index contributed by atoms with van der Waals surface area (Å²) in [5.41, 5.74) is -0.217. The van der Waals surface area contributed by atoms with E-state index in [0.29, 0.717) is 5.02 Å². The summed E-state index contributed by atoms with van der Waals surface area (Å²) in [7, 11) is 0. The molecule has 0 aliphatic rings.